The summed E-state index contributed by atoms with van der Waals surface area (Å²) >= 11 is 0. The van der Waals surface area contributed by atoms with Crippen LogP contribution >= 0.6 is 0 Å². The zero-order valence-corrected chi connectivity index (χ0v) is 14.2. The summed E-state index contributed by atoms with van der Waals surface area (Å²) in [5.41, 5.74) is 0.513. The zero-order chi connectivity index (χ0) is 15.1. The van der Waals surface area contributed by atoms with Gasteiger partial charge < -0.3 is 15.3 Å². The highest BCUT2D eigenvalue weighted by Gasteiger charge is 2.34. The second kappa shape index (κ2) is 8.50. The van der Waals surface area contributed by atoms with Gasteiger partial charge in [0.05, 0.1) is 0 Å². The molecule has 2 fully saturated rings. The SMILES string of the molecule is CC(C)CNCC1(CN2CCC(CO)CC2)CCCCC1. The molecular formula is C18H36N2O. The van der Waals surface area contributed by atoms with Gasteiger partial charge in [0.15, 0.2) is 0 Å². The quantitative estimate of drug-likeness (QED) is 0.758. The standard InChI is InChI=1S/C18H36N2O/c1-16(2)12-19-14-18(8-4-3-5-9-18)15-20-10-6-17(13-21)7-11-20/h16-17,19,21H,3-15H2,1-2H3. The molecule has 0 bridgehead atoms. The Bertz CT molecular complexity index is 279. The fourth-order valence-corrected chi connectivity index (χ4v) is 4.12. The molecule has 124 valence electrons. The van der Waals surface area contributed by atoms with Crippen LogP contribution in [0.5, 0.6) is 0 Å². The summed E-state index contributed by atoms with van der Waals surface area (Å²) in [7, 11) is 0. The molecule has 2 rings (SSSR count). The number of rotatable bonds is 7. The molecule has 0 amide bonds. The van der Waals surface area contributed by atoms with Gasteiger partial charge >= 0.3 is 0 Å². The van der Waals surface area contributed by atoms with E-state index in [1.807, 2.05) is 0 Å². The molecule has 3 heteroatoms. The Morgan fingerprint density at radius 2 is 1.81 bits per heavy atom. The van der Waals surface area contributed by atoms with Crippen LogP contribution in [0.15, 0.2) is 0 Å². The summed E-state index contributed by atoms with van der Waals surface area (Å²) < 4.78 is 0. The Labute approximate surface area is 131 Å². The summed E-state index contributed by atoms with van der Waals surface area (Å²) in [5.74, 6) is 1.30. The molecule has 0 aromatic rings. The Morgan fingerprint density at radius 3 is 2.38 bits per heavy atom. The van der Waals surface area contributed by atoms with Crippen molar-refractivity contribution in [1.82, 2.24) is 10.2 Å². The summed E-state index contributed by atoms with van der Waals surface area (Å²) in [5, 5.41) is 13.0. The lowest BCUT2D eigenvalue weighted by Gasteiger charge is -2.43. The van der Waals surface area contributed by atoms with Crippen molar-refractivity contribution in [2.24, 2.45) is 17.3 Å². The van der Waals surface area contributed by atoms with E-state index in [4.69, 9.17) is 0 Å². The third kappa shape index (κ3) is 5.54. The molecule has 1 saturated carbocycles. The van der Waals surface area contributed by atoms with Crippen molar-refractivity contribution in [1.29, 1.82) is 0 Å². The third-order valence-corrected chi connectivity index (χ3v) is 5.49. The predicted molar refractivity (Wildman–Crippen MR) is 89.5 cm³/mol. The van der Waals surface area contributed by atoms with Crippen LogP contribution in [0.1, 0.15) is 58.8 Å². The van der Waals surface area contributed by atoms with Crippen LogP contribution in [0, 0.1) is 17.3 Å². The van der Waals surface area contributed by atoms with Gasteiger partial charge in [0.2, 0.25) is 0 Å². The first-order valence-electron chi connectivity index (χ1n) is 9.17. The third-order valence-electron chi connectivity index (χ3n) is 5.49. The van der Waals surface area contributed by atoms with Crippen LogP contribution in [0.4, 0.5) is 0 Å². The topological polar surface area (TPSA) is 35.5 Å². The fourth-order valence-electron chi connectivity index (χ4n) is 4.12. The number of likely N-dealkylation sites (tertiary alicyclic amines) is 1. The van der Waals surface area contributed by atoms with Crippen LogP contribution < -0.4 is 5.32 Å². The molecule has 3 nitrogen and oxygen atoms in total. The highest BCUT2D eigenvalue weighted by Crippen LogP contribution is 2.37. The molecule has 0 aromatic carbocycles. The van der Waals surface area contributed by atoms with E-state index < -0.39 is 0 Å². The predicted octanol–water partition coefficient (Wildman–Crippen LogP) is 2.89. The molecule has 1 heterocycles. The number of nitrogens with one attached hydrogen (secondary N) is 1. The van der Waals surface area contributed by atoms with Gasteiger partial charge in [0.25, 0.3) is 0 Å². The summed E-state index contributed by atoms with van der Waals surface area (Å²) in [6.07, 6.45) is 9.43. The number of piperidine rings is 1. The second-order valence-electron chi connectivity index (χ2n) is 7.99. The van der Waals surface area contributed by atoms with Crippen molar-refractivity contribution in [2.45, 2.75) is 58.8 Å². The molecular weight excluding hydrogens is 260 g/mol. The maximum Gasteiger partial charge on any atom is 0.0460 e. The maximum atomic E-state index is 9.29. The summed E-state index contributed by atoms with van der Waals surface area (Å²) in [6, 6.07) is 0. The highest BCUT2D eigenvalue weighted by molar-refractivity contribution is 4.89. The Balaban J connectivity index is 1.84. The Kier molecular flexibility index (Phi) is 6.97. The minimum Gasteiger partial charge on any atom is -0.396 e. The van der Waals surface area contributed by atoms with Crippen molar-refractivity contribution in [3.05, 3.63) is 0 Å². The molecule has 0 unspecified atom stereocenters. The molecule has 1 saturated heterocycles. The summed E-state index contributed by atoms with van der Waals surface area (Å²) in [6.45, 7) is 11.0. The number of hydrogen-bond acceptors (Lipinski definition) is 3. The van der Waals surface area contributed by atoms with Crippen molar-refractivity contribution < 1.29 is 5.11 Å². The molecule has 1 aliphatic carbocycles. The lowest BCUT2D eigenvalue weighted by Crippen LogP contribution is -2.48. The fraction of sp³-hybridized carbons (Fsp3) is 1.00. The highest BCUT2D eigenvalue weighted by atomic mass is 16.3. The monoisotopic (exact) mass is 296 g/mol. The van der Waals surface area contributed by atoms with Gasteiger partial charge in [-0.15, -0.1) is 0 Å². The van der Waals surface area contributed by atoms with Gasteiger partial charge in [-0.1, -0.05) is 33.1 Å². The molecule has 2 N–H and O–H groups in total. The van der Waals surface area contributed by atoms with Gasteiger partial charge in [-0.25, -0.2) is 0 Å². The molecule has 0 radical (unpaired) electrons. The van der Waals surface area contributed by atoms with E-state index in [-0.39, 0.29) is 0 Å². The normalized spacial score (nSPS) is 24.6. The second-order valence-corrected chi connectivity index (χ2v) is 7.99. The minimum atomic E-state index is 0.384. The first kappa shape index (κ1) is 17.2. The number of hydrogen-bond donors (Lipinski definition) is 2. The van der Waals surface area contributed by atoms with E-state index in [0.29, 0.717) is 17.9 Å². The Hall–Kier alpha value is -0.120. The average Bonchev–Trinajstić information content (AvgIpc) is 2.48. The van der Waals surface area contributed by atoms with Crippen LogP contribution in [-0.4, -0.2) is 49.3 Å². The van der Waals surface area contributed by atoms with E-state index in [1.165, 1.54) is 71.1 Å². The van der Waals surface area contributed by atoms with Crippen molar-refractivity contribution in [2.75, 3.05) is 39.3 Å². The molecule has 0 aromatic heterocycles. The van der Waals surface area contributed by atoms with E-state index in [9.17, 15) is 5.11 Å². The minimum absolute atomic E-state index is 0.384. The molecule has 0 spiro atoms. The van der Waals surface area contributed by atoms with Crippen LogP contribution in [-0.2, 0) is 0 Å². The zero-order valence-electron chi connectivity index (χ0n) is 14.2. The van der Waals surface area contributed by atoms with Crippen LogP contribution in [0.3, 0.4) is 0 Å². The number of aliphatic hydroxyl groups excluding tert-OH is 1. The van der Waals surface area contributed by atoms with Gasteiger partial charge in [-0.05, 0) is 62.6 Å². The first-order chi connectivity index (χ1) is 10.1. The summed E-state index contributed by atoms with van der Waals surface area (Å²) in [4.78, 5) is 2.68. The lowest BCUT2D eigenvalue weighted by molar-refractivity contribution is 0.0655. The molecule has 0 atom stereocenters. The van der Waals surface area contributed by atoms with Crippen LogP contribution in [0.25, 0.3) is 0 Å². The van der Waals surface area contributed by atoms with Gasteiger partial charge in [-0.2, -0.15) is 0 Å². The van der Waals surface area contributed by atoms with Crippen molar-refractivity contribution in [3.8, 4) is 0 Å². The molecule has 21 heavy (non-hydrogen) atoms. The maximum absolute atomic E-state index is 9.29. The van der Waals surface area contributed by atoms with E-state index in [0.717, 1.165) is 12.5 Å². The van der Waals surface area contributed by atoms with Crippen molar-refractivity contribution >= 4 is 0 Å². The van der Waals surface area contributed by atoms with E-state index >= 15 is 0 Å². The van der Waals surface area contributed by atoms with E-state index in [1.54, 1.807) is 0 Å². The first-order valence-corrected chi connectivity index (χ1v) is 9.17. The average molecular weight is 296 g/mol. The van der Waals surface area contributed by atoms with Gasteiger partial charge in [0.1, 0.15) is 0 Å². The smallest absolute Gasteiger partial charge is 0.0460 e. The van der Waals surface area contributed by atoms with Crippen molar-refractivity contribution in [3.63, 3.8) is 0 Å². The Morgan fingerprint density at radius 1 is 1.14 bits per heavy atom. The number of aliphatic hydroxyl groups is 1. The lowest BCUT2D eigenvalue weighted by atomic mass is 9.73. The molecule has 2 aliphatic rings. The van der Waals surface area contributed by atoms with Crippen LogP contribution in [0.2, 0.25) is 0 Å². The largest absolute Gasteiger partial charge is 0.396 e. The number of nitrogens with zero attached hydrogens (tertiary/aromatic N) is 1. The molecule has 1 aliphatic heterocycles. The van der Waals surface area contributed by atoms with Gasteiger partial charge in [-0.3, -0.25) is 0 Å². The van der Waals surface area contributed by atoms with E-state index in [2.05, 4.69) is 24.1 Å². The van der Waals surface area contributed by atoms with Gasteiger partial charge in [0, 0.05) is 19.7 Å².